The average Bonchev–Trinajstić information content (AvgIpc) is 2.98. The van der Waals surface area contributed by atoms with E-state index < -0.39 is 51.1 Å². The second-order valence-electron chi connectivity index (χ2n) is 14.4. The van der Waals surface area contributed by atoms with Gasteiger partial charge in [-0.3, -0.25) is 4.18 Å². The van der Waals surface area contributed by atoms with Crippen LogP contribution < -0.4 is 10.4 Å². The fraction of sp³-hybridized carbons (Fsp3) is 0.600. The first-order valence-electron chi connectivity index (χ1n) is 16.5. The normalized spacial score (nSPS) is 19.7. The highest BCUT2D eigenvalue weighted by Gasteiger charge is 2.51. The molecule has 0 radical (unpaired) electrons. The van der Waals surface area contributed by atoms with Gasteiger partial charge in [-0.05, 0) is 44.9 Å². The molecule has 6 nitrogen and oxygen atoms in total. The summed E-state index contributed by atoms with van der Waals surface area (Å²) < 4.78 is 87.1. The average molecular weight is 715 g/mol. The highest BCUT2D eigenvalue weighted by Crippen LogP contribution is 2.43. The Morgan fingerprint density at radius 2 is 1.23 bits per heavy atom. The largest absolute Gasteiger partial charge is 0.523 e. The van der Waals surface area contributed by atoms with Crippen molar-refractivity contribution < 1.29 is 39.4 Å². The van der Waals surface area contributed by atoms with Gasteiger partial charge in [0.15, 0.2) is 8.32 Å². The molecule has 0 saturated carbocycles. The molecule has 12 heteroatoms. The van der Waals surface area contributed by atoms with E-state index in [9.17, 15) is 21.6 Å². The first-order chi connectivity index (χ1) is 21.8. The zero-order chi connectivity index (χ0) is 35.3. The van der Waals surface area contributed by atoms with Gasteiger partial charge in [-0.25, -0.2) is 0 Å². The second kappa shape index (κ2) is 15.8. The molecule has 2 aromatic carbocycles. The third-order valence-corrected chi connectivity index (χ3v) is 21.5. The van der Waals surface area contributed by atoms with Crippen LogP contribution in [0.5, 0.6) is 0 Å². The molecule has 1 aliphatic rings. The molecule has 0 unspecified atom stereocenters. The Morgan fingerprint density at radius 1 is 0.787 bits per heavy atom. The summed E-state index contributed by atoms with van der Waals surface area (Å²) in [6.45, 7) is 19.4. The maximum Gasteiger partial charge on any atom is 0.523 e. The molecule has 1 heterocycles. The predicted molar refractivity (Wildman–Crippen MR) is 187 cm³/mol. The minimum absolute atomic E-state index is 0.217. The first kappa shape index (κ1) is 39.6. The molecule has 1 aliphatic heterocycles. The molecule has 0 amide bonds. The van der Waals surface area contributed by atoms with E-state index in [1.54, 1.807) is 0 Å². The second-order valence-corrected chi connectivity index (χ2v) is 25.8. The maximum absolute atomic E-state index is 13.1. The summed E-state index contributed by atoms with van der Waals surface area (Å²) in [4.78, 5) is 0. The minimum atomic E-state index is -5.76. The van der Waals surface area contributed by atoms with E-state index in [1.165, 1.54) is 0 Å². The highest BCUT2D eigenvalue weighted by molar-refractivity contribution is 7.87. The number of alkyl halides is 3. The van der Waals surface area contributed by atoms with Crippen molar-refractivity contribution in [2.24, 2.45) is 0 Å². The number of hydrogen-bond acceptors (Lipinski definition) is 6. The summed E-state index contributed by atoms with van der Waals surface area (Å²) >= 11 is 0. The zero-order valence-electron chi connectivity index (χ0n) is 29.3. The van der Waals surface area contributed by atoms with Gasteiger partial charge in [-0.1, -0.05) is 135 Å². The maximum atomic E-state index is 13.1. The summed E-state index contributed by atoms with van der Waals surface area (Å²) in [6, 6.07) is 20.5. The predicted octanol–water partition coefficient (Wildman–Crippen LogP) is 8.10. The van der Waals surface area contributed by atoms with E-state index >= 15 is 0 Å². The van der Waals surface area contributed by atoms with Gasteiger partial charge in [0.2, 0.25) is 0 Å². The quantitative estimate of drug-likeness (QED) is 0.0853. The van der Waals surface area contributed by atoms with Crippen molar-refractivity contribution >= 4 is 37.1 Å². The Labute approximate surface area is 282 Å². The van der Waals surface area contributed by atoms with Crippen LogP contribution in [0.1, 0.15) is 75.2 Å². The molecule has 47 heavy (non-hydrogen) atoms. The molecule has 0 bridgehead atoms. The summed E-state index contributed by atoms with van der Waals surface area (Å²) in [5.41, 5.74) is -3.61. The van der Waals surface area contributed by atoms with Gasteiger partial charge in [0, 0.05) is 0 Å². The van der Waals surface area contributed by atoms with Crippen LogP contribution in [0.4, 0.5) is 13.2 Å². The molecule has 0 N–H and O–H groups in total. The van der Waals surface area contributed by atoms with Gasteiger partial charge in [0.25, 0.3) is 8.32 Å². The fourth-order valence-corrected chi connectivity index (χ4v) is 17.8. The van der Waals surface area contributed by atoms with E-state index in [-0.39, 0.29) is 24.7 Å². The summed E-state index contributed by atoms with van der Waals surface area (Å²) in [5.74, 6) is 0. The molecular formula is C35H53F3O6SSi2. The molecule has 0 aromatic heterocycles. The van der Waals surface area contributed by atoms with Crippen LogP contribution in [-0.2, 0) is 27.9 Å². The standard InChI is InChI=1S/C35H53F3O6SSi2/c1-26(2)46(27(3)4,28(5)6)43-25-31-23-29(22-30(44-31)24-41-45(39,40)35(36,37)38)20-21-42-47(34(7,8)9,32-16-12-10-13-17-32)33-18-14-11-15-19-33/h10-20,26-28,30-31H,21-25H2,1-9H3/b29-20-/t30-,31+/m0/s1. The molecule has 264 valence electrons. The molecule has 2 aromatic rings. The van der Waals surface area contributed by atoms with E-state index in [0.29, 0.717) is 23.0 Å². The van der Waals surface area contributed by atoms with Crippen molar-refractivity contribution in [2.45, 2.75) is 115 Å². The lowest BCUT2D eigenvalue weighted by atomic mass is 9.98. The number of hydrogen-bond donors (Lipinski definition) is 0. The van der Waals surface area contributed by atoms with Crippen LogP contribution in [0.15, 0.2) is 72.3 Å². The van der Waals surface area contributed by atoms with Gasteiger partial charge in [-0.15, -0.1) is 0 Å². The van der Waals surface area contributed by atoms with Crippen molar-refractivity contribution in [3.05, 3.63) is 72.3 Å². The summed E-state index contributed by atoms with van der Waals surface area (Å²) in [6.07, 6.45) is 1.31. The molecule has 2 atom stereocenters. The zero-order valence-corrected chi connectivity index (χ0v) is 32.1. The van der Waals surface area contributed by atoms with Crippen molar-refractivity contribution in [2.75, 3.05) is 19.8 Å². The molecule has 0 aliphatic carbocycles. The monoisotopic (exact) mass is 714 g/mol. The third-order valence-electron chi connectivity index (χ3n) is 9.37. The Hall–Kier alpha value is -1.81. The van der Waals surface area contributed by atoms with Crippen LogP contribution in [0.25, 0.3) is 0 Å². The topological polar surface area (TPSA) is 71.1 Å². The van der Waals surface area contributed by atoms with E-state index in [4.69, 9.17) is 13.6 Å². The van der Waals surface area contributed by atoms with E-state index in [0.717, 1.165) is 15.9 Å². The van der Waals surface area contributed by atoms with Crippen LogP contribution in [0.3, 0.4) is 0 Å². The molecular weight excluding hydrogens is 662 g/mol. The Balaban J connectivity index is 1.94. The van der Waals surface area contributed by atoms with Crippen LogP contribution >= 0.6 is 0 Å². The lowest BCUT2D eigenvalue weighted by Gasteiger charge is -2.44. The Kier molecular flexibility index (Phi) is 13.3. The third kappa shape index (κ3) is 9.06. The van der Waals surface area contributed by atoms with Crippen molar-refractivity contribution in [1.29, 1.82) is 0 Å². The van der Waals surface area contributed by atoms with Crippen molar-refractivity contribution in [3.8, 4) is 0 Å². The summed E-state index contributed by atoms with van der Waals surface area (Å²) in [7, 11) is -10.9. The smallest absolute Gasteiger partial charge is 0.413 e. The first-order valence-corrected chi connectivity index (χ1v) is 21.9. The van der Waals surface area contributed by atoms with Gasteiger partial charge in [-0.2, -0.15) is 21.6 Å². The van der Waals surface area contributed by atoms with Gasteiger partial charge >= 0.3 is 15.6 Å². The summed E-state index contributed by atoms with van der Waals surface area (Å²) in [5, 5.41) is 2.04. The molecule has 3 rings (SSSR count). The lowest BCUT2D eigenvalue weighted by molar-refractivity contribution is -0.0796. The van der Waals surface area contributed by atoms with Crippen LogP contribution in [0, 0.1) is 0 Å². The van der Waals surface area contributed by atoms with Crippen LogP contribution in [-0.4, -0.2) is 62.6 Å². The van der Waals surface area contributed by atoms with Gasteiger partial charge in [0.05, 0.1) is 32.0 Å². The SMILES string of the molecule is CC(C)[Si](OC[C@H]1C/C(=C\CO[Si](c2ccccc2)(c2ccccc2)C(C)(C)C)C[C@@H](COS(=O)(=O)C(F)(F)F)O1)(C(C)C)C(C)C. The van der Waals surface area contributed by atoms with Crippen molar-refractivity contribution in [3.63, 3.8) is 0 Å². The Bertz CT molecular complexity index is 1350. The number of rotatable bonds is 14. The van der Waals surface area contributed by atoms with Crippen molar-refractivity contribution in [1.82, 2.24) is 0 Å². The lowest BCUT2D eigenvalue weighted by Crippen LogP contribution is -2.66. The molecule has 1 fully saturated rings. The van der Waals surface area contributed by atoms with Crippen LogP contribution in [0.2, 0.25) is 21.7 Å². The number of halogens is 3. The molecule has 1 saturated heterocycles. The fourth-order valence-electron chi connectivity index (χ4n) is 7.42. The van der Waals surface area contributed by atoms with E-state index in [2.05, 4.69) is 90.8 Å². The minimum Gasteiger partial charge on any atom is -0.413 e. The number of benzene rings is 2. The highest BCUT2D eigenvalue weighted by atomic mass is 32.2. The Morgan fingerprint density at radius 3 is 1.64 bits per heavy atom. The van der Waals surface area contributed by atoms with Gasteiger partial charge in [0.1, 0.15) is 0 Å². The molecule has 0 spiro atoms. The van der Waals surface area contributed by atoms with Gasteiger partial charge < -0.3 is 13.6 Å². The number of ether oxygens (including phenoxy) is 1. The van der Waals surface area contributed by atoms with E-state index in [1.807, 2.05) is 42.5 Å².